The number of carbonyl (C=O) groups excluding carboxylic acids is 1. The first kappa shape index (κ1) is 21.1. The van der Waals surface area contributed by atoms with Crippen LogP contribution in [0.1, 0.15) is 15.9 Å². The summed E-state index contributed by atoms with van der Waals surface area (Å²) in [6, 6.07) is 20.4. The molecule has 9 heteroatoms. The number of hydrogen-bond donors (Lipinski definition) is 0. The van der Waals surface area contributed by atoms with E-state index in [1.165, 1.54) is 53.4 Å². The summed E-state index contributed by atoms with van der Waals surface area (Å²) >= 11 is 8.57. The molecule has 0 N–H and O–H groups in total. The zero-order valence-electron chi connectivity index (χ0n) is 16.2. The molecular weight excluding hydrogens is 484 g/mol. The second kappa shape index (κ2) is 8.29. The Morgan fingerprint density at radius 3 is 2.34 bits per heavy atom. The average molecular weight is 497 g/mol. The number of thiazole rings is 1. The van der Waals surface area contributed by atoms with Gasteiger partial charge in [0.05, 0.1) is 25.7 Å². The number of allylic oxidation sites excluding steroid dienone is 2. The number of Topliss-reactive ketones (excluding diaryl/α,β-unsaturated/α-hetero) is 1. The Balaban J connectivity index is 1.59. The molecule has 0 spiro atoms. The quantitative estimate of drug-likeness (QED) is 0.346. The Morgan fingerprint density at radius 2 is 1.59 bits per heavy atom. The second-order valence-electron chi connectivity index (χ2n) is 6.84. The first-order valence-corrected chi connectivity index (χ1v) is 12.9. The predicted octanol–water partition coefficient (Wildman–Crippen LogP) is 6.00. The van der Waals surface area contributed by atoms with Crippen LogP contribution in [0.15, 0.2) is 97.4 Å². The molecule has 0 saturated carbocycles. The molecule has 0 aliphatic heterocycles. The monoisotopic (exact) mass is 496 g/mol. The van der Waals surface area contributed by atoms with Gasteiger partial charge in [0.2, 0.25) is 5.78 Å². The van der Waals surface area contributed by atoms with Gasteiger partial charge in [-0.15, -0.1) is 11.3 Å². The van der Waals surface area contributed by atoms with Crippen molar-refractivity contribution in [2.45, 2.75) is 9.24 Å². The molecule has 0 fully saturated rings. The molecule has 1 aromatic heterocycles. The molecule has 3 aromatic carbocycles. The highest BCUT2D eigenvalue weighted by Crippen LogP contribution is 2.37. The molecule has 0 unspecified atom stereocenters. The molecule has 5 rings (SSSR count). The van der Waals surface area contributed by atoms with Crippen LogP contribution in [-0.2, 0) is 10.0 Å². The zero-order valence-corrected chi connectivity index (χ0v) is 19.4. The number of aromatic nitrogens is 1. The van der Waals surface area contributed by atoms with Gasteiger partial charge < -0.3 is 0 Å². The third kappa shape index (κ3) is 4.02. The fourth-order valence-corrected chi connectivity index (χ4v) is 6.46. The van der Waals surface area contributed by atoms with E-state index in [-0.39, 0.29) is 16.4 Å². The Hall–Kier alpha value is -2.78. The summed E-state index contributed by atoms with van der Waals surface area (Å²) in [7, 11) is -4.00. The number of sulfonamides is 1. The molecule has 0 atom stereocenters. The van der Waals surface area contributed by atoms with Crippen LogP contribution >= 0.6 is 34.7 Å². The molecule has 0 radical (unpaired) electrons. The molecule has 158 valence electrons. The summed E-state index contributed by atoms with van der Waals surface area (Å²) < 4.78 is 31.6. The van der Waals surface area contributed by atoms with Gasteiger partial charge in [0, 0.05) is 16.1 Å². The van der Waals surface area contributed by atoms with Gasteiger partial charge in [-0.2, -0.15) is 12.8 Å². The predicted molar refractivity (Wildman–Crippen MR) is 130 cm³/mol. The van der Waals surface area contributed by atoms with Gasteiger partial charge >= 0.3 is 0 Å². The standard InChI is InChI=1S/C23H13ClN2O3S3/c24-14-9-11-15(12-10-14)32(28,29)26-19-13-21(22(27)17-6-2-1-5-16(17)19)31-23-25-18-7-3-4-8-20(18)30-23/h1-13H. The normalized spacial score (nSPS) is 15.1. The van der Waals surface area contributed by atoms with Crippen LogP contribution in [0, 0.1) is 0 Å². The third-order valence-electron chi connectivity index (χ3n) is 4.74. The van der Waals surface area contributed by atoms with Gasteiger partial charge in [-0.1, -0.05) is 59.8 Å². The highest BCUT2D eigenvalue weighted by atomic mass is 35.5. The van der Waals surface area contributed by atoms with Crippen molar-refractivity contribution in [3.63, 3.8) is 0 Å². The van der Waals surface area contributed by atoms with E-state index in [4.69, 9.17) is 11.6 Å². The molecule has 0 bridgehead atoms. The number of ketones is 1. The number of thioether (sulfide) groups is 1. The van der Waals surface area contributed by atoms with Gasteiger partial charge in [-0.25, -0.2) is 4.98 Å². The Labute approximate surface area is 197 Å². The fraction of sp³-hybridized carbons (Fsp3) is 0. The van der Waals surface area contributed by atoms with Crippen molar-refractivity contribution >= 4 is 66.4 Å². The van der Waals surface area contributed by atoms with Gasteiger partial charge in [-0.3, -0.25) is 4.79 Å². The first-order valence-electron chi connectivity index (χ1n) is 9.40. The molecule has 0 saturated heterocycles. The lowest BCUT2D eigenvalue weighted by Crippen LogP contribution is -2.17. The number of para-hydroxylation sites is 1. The maximum absolute atomic E-state index is 13.1. The highest BCUT2D eigenvalue weighted by Gasteiger charge is 2.27. The van der Waals surface area contributed by atoms with E-state index < -0.39 is 10.0 Å². The van der Waals surface area contributed by atoms with E-state index in [0.29, 0.717) is 25.4 Å². The van der Waals surface area contributed by atoms with E-state index in [1.807, 2.05) is 24.3 Å². The molecule has 0 amide bonds. The molecule has 1 heterocycles. The van der Waals surface area contributed by atoms with Crippen LogP contribution in [0.2, 0.25) is 5.02 Å². The number of benzene rings is 3. The number of hydrogen-bond acceptors (Lipinski definition) is 6. The Kier molecular flexibility index (Phi) is 5.46. The fourth-order valence-electron chi connectivity index (χ4n) is 3.23. The van der Waals surface area contributed by atoms with Gasteiger partial charge in [0.1, 0.15) is 0 Å². The summed E-state index contributed by atoms with van der Waals surface area (Å²) in [6.07, 6.45) is 1.52. The van der Waals surface area contributed by atoms with Gasteiger partial charge in [0.15, 0.2) is 4.34 Å². The third-order valence-corrected chi connectivity index (χ3v) is 8.42. The minimum absolute atomic E-state index is 0.0255. The number of rotatable bonds is 4. The van der Waals surface area contributed by atoms with Gasteiger partial charge in [0.25, 0.3) is 10.0 Å². The minimum Gasteiger partial charge on any atom is -0.288 e. The molecule has 1 aliphatic rings. The average Bonchev–Trinajstić information content (AvgIpc) is 3.19. The number of fused-ring (bicyclic) bond motifs is 2. The van der Waals surface area contributed by atoms with E-state index in [2.05, 4.69) is 9.38 Å². The van der Waals surface area contributed by atoms with Crippen LogP contribution in [0.4, 0.5) is 0 Å². The van der Waals surface area contributed by atoms with Crippen LogP contribution in [0.3, 0.4) is 0 Å². The Morgan fingerprint density at radius 1 is 0.906 bits per heavy atom. The summed E-state index contributed by atoms with van der Waals surface area (Å²) in [5.74, 6) is -0.187. The lowest BCUT2D eigenvalue weighted by atomic mass is 9.94. The molecule has 5 nitrogen and oxygen atoms in total. The van der Waals surface area contributed by atoms with Crippen molar-refractivity contribution in [1.82, 2.24) is 4.98 Å². The van der Waals surface area contributed by atoms with Crippen LogP contribution in [0.25, 0.3) is 10.2 Å². The number of nitrogens with zero attached hydrogens (tertiary/aromatic N) is 2. The second-order valence-corrected chi connectivity index (χ2v) is 11.2. The van der Waals surface area contributed by atoms with Crippen molar-refractivity contribution in [1.29, 1.82) is 0 Å². The number of carbonyl (C=O) groups is 1. The SMILES string of the molecule is O=C1C(Sc2nc3ccccc3s2)=CC(=NS(=O)(=O)c2ccc(Cl)cc2)c2ccccc21. The molecular formula is C23H13ClN2O3S3. The molecule has 4 aromatic rings. The lowest BCUT2D eigenvalue weighted by molar-refractivity contribution is 0.104. The lowest BCUT2D eigenvalue weighted by Gasteiger charge is -2.16. The maximum Gasteiger partial charge on any atom is 0.282 e. The summed E-state index contributed by atoms with van der Waals surface area (Å²) in [5.41, 5.74) is 1.94. The summed E-state index contributed by atoms with van der Waals surface area (Å²) in [5, 5.41) is 0.430. The highest BCUT2D eigenvalue weighted by molar-refractivity contribution is 8.05. The van der Waals surface area contributed by atoms with Crippen molar-refractivity contribution in [3.8, 4) is 0 Å². The molecule has 1 aliphatic carbocycles. The van der Waals surface area contributed by atoms with Crippen molar-refractivity contribution in [3.05, 3.63) is 99.9 Å². The topological polar surface area (TPSA) is 76.5 Å². The van der Waals surface area contributed by atoms with Gasteiger partial charge in [-0.05, 0) is 42.5 Å². The minimum atomic E-state index is -4.00. The van der Waals surface area contributed by atoms with E-state index in [1.54, 1.807) is 24.3 Å². The zero-order chi connectivity index (χ0) is 22.3. The smallest absolute Gasteiger partial charge is 0.282 e. The summed E-state index contributed by atoms with van der Waals surface area (Å²) in [6.45, 7) is 0. The van der Waals surface area contributed by atoms with Crippen LogP contribution in [0.5, 0.6) is 0 Å². The number of halogens is 1. The Bertz CT molecular complexity index is 1510. The van der Waals surface area contributed by atoms with Crippen molar-refractivity contribution < 1.29 is 13.2 Å². The van der Waals surface area contributed by atoms with Crippen LogP contribution in [-0.4, -0.2) is 24.9 Å². The van der Waals surface area contributed by atoms with Crippen molar-refractivity contribution in [2.24, 2.45) is 4.40 Å². The van der Waals surface area contributed by atoms with Crippen LogP contribution < -0.4 is 0 Å². The van der Waals surface area contributed by atoms with E-state index in [0.717, 1.165) is 10.2 Å². The molecule has 32 heavy (non-hydrogen) atoms. The van der Waals surface area contributed by atoms with E-state index >= 15 is 0 Å². The first-order chi connectivity index (χ1) is 15.4. The van der Waals surface area contributed by atoms with E-state index in [9.17, 15) is 13.2 Å². The van der Waals surface area contributed by atoms with Crippen molar-refractivity contribution in [2.75, 3.05) is 0 Å². The largest absolute Gasteiger partial charge is 0.288 e. The summed E-state index contributed by atoms with van der Waals surface area (Å²) in [4.78, 5) is 18.1. The maximum atomic E-state index is 13.1.